The summed E-state index contributed by atoms with van der Waals surface area (Å²) in [5.41, 5.74) is 1.02. The number of hydrogen-bond acceptors (Lipinski definition) is 8. The molecule has 2 bridgehead atoms. The molecule has 2 aromatic heterocycles. The number of thiazole rings is 1. The molecule has 2 saturated carbocycles. The lowest BCUT2D eigenvalue weighted by atomic mass is 9.67. The van der Waals surface area contributed by atoms with E-state index in [0.717, 1.165) is 25.7 Å². The van der Waals surface area contributed by atoms with Crippen LogP contribution in [0.4, 0.5) is 10.2 Å². The Morgan fingerprint density at radius 1 is 1.21 bits per heavy atom. The lowest BCUT2D eigenvalue weighted by Crippen LogP contribution is -2.52. The Bertz CT molecular complexity index is 1240. The van der Waals surface area contributed by atoms with Crippen molar-refractivity contribution in [1.82, 2.24) is 20.2 Å². The second-order valence-corrected chi connectivity index (χ2v) is 11.0. The van der Waals surface area contributed by atoms with E-state index in [4.69, 9.17) is 5.26 Å². The number of fused-ring (bicyclic) bond motifs is 2. The van der Waals surface area contributed by atoms with E-state index in [-0.39, 0.29) is 28.4 Å². The van der Waals surface area contributed by atoms with Crippen molar-refractivity contribution < 1.29 is 9.50 Å². The molecule has 9 heteroatoms. The molecular formula is C24H25FN6OS. The molecule has 2 aliphatic rings. The first kappa shape index (κ1) is 21.7. The van der Waals surface area contributed by atoms with Gasteiger partial charge < -0.3 is 10.0 Å². The summed E-state index contributed by atoms with van der Waals surface area (Å²) in [5.74, 6) is 0.799. The standard InChI is InChI=1S/C24H25FN6OS/c1-23-6-7-24(2,13-23)20(25)17(9-23)31(3)19-12-27-21(30-29-19)16-5-4-14(8-18(16)32)22-28-11-15(10-26)33-22/h4-5,8,11-12,17,20,32H,6-7,9,13H2,1-3H3/t17-,20-,23-,24-/m0/s1. The van der Waals surface area contributed by atoms with Crippen LogP contribution in [0.1, 0.15) is 44.4 Å². The zero-order chi connectivity index (χ0) is 23.4. The third-order valence-electron chi connectivity index (χ3n) is 7.35. The number of alkyl halides is 1. The summed E-state index contributed by atoms with van der Waals surface area (Å²) in [6.45, 7) is 4.33. The van der Waals surface area contributed by atoms with E-state index in [1.54, 1.807) is 24.4 Å². The van der Waals surface area contributed by atoms with E-state index in [1.165, 1.54) is 17.5 Å². The molecule has 0 saturated heterocycles. The lowest BCUT2D eigenvalue weighted by Gasteiger charge is -2.46. The molecule has 0 radical (unpaired) electrons. The Labute approximate surface area is 196 Å². The monoisotopic (exact) mass is 464 g/mol. The van der Waals surface area contributed by atoms with Crippen LogP contribution in [0.15, 0.2) is 30.6 Å². The van der Waals surface area contributed by atoms with Crippen LogP contribution in [0.2, 0.25) is 0 Å². The minimum atomic E-state index is -0.927. The first-order valence-corrected chi connectivity index (χ1v) is 11.8. The zero-order valence-corrected chi connectivity index (χ0v) is 19.6. The fourth-order valence-corrected chi connectivity index (χ4v) is 6.30. The topological polar surface area (TPSA) is 98.8 Å². The summed E-state index contributed by atoms with van der Waals surface area (Å²) in [6, 6.07) is 6.88. The molecule has 5 rings (SSSR count). The molecule has 1 N–H and O–H groups in total. The second kappa shape index (κ2) is 7.73. The van der Waals surface area contributed by atoms with Gasteiger partial charge in [-0.2, -0.15) is 5.26 Å². The van der Waals surface area contributed by atoms with E-state index < -0.39 is 6.17 Å². The smallest absolute Gasteiger partial charge is 0.185 e. The van der Waals surface area contributed by atoms with E-state index in [0.29, 0.717) is 26.8 Å². The SMILES string of the molecule is CN(c1cnc(-c2ccc(-c3ncc(C#N)s3)cc2O)nn1)[C@H]1C[C@]2(C)CC[C@@](C)(C2)[C@H]1F. The van der Waals surface area contributed by atoms with Gasteiger partial charge in [0.1, 0.15) is 27.9 Å². The third kappa shape index (κ3) is 3.72. The highest BCUT2D eigenvalue weighted by Gasteiger charge is 2.56. The van der Waals surface area contributed by atoms with Crippen LogP contribution in [0, 0.1) is 22.2 Å². The van der Waals surface area contributed by atoms with E-state index in [1.807, 2.05) is 11.9 Å². The summed E-state index contributed by atoms with van der Waals surface area (Å²) in [7, 11) is 1.86. The molecule has 3 aromatic rings. The molecule has 7 nitrogen and oxygen atoms in total. The molecule has 0 spiro atoms. The highest BCUT2D eigenvalue weighted by atomic mass is 32.1. The number of phenols is 1. The van der Waals surface area contributed by atoms with Crippen LogP contribution in [-0.2, 0) is 0 Å². The number of nitriles is 1. The fraction of sp³-hybridized carbons (Fsp3) is 0.458. The van der Waals surface area contributed by atoms with Gasteiger partial charge in [-0.25, -0.2) is 14.4 Å². The summed E-state index contributed by atoms with van der Waals surface area (Å²) < 4.78 is 15.5. The van der Waals surface area contributed by atoms with Gasteiger partial charge in [-0.1, -0.05) is 19.9 Å². The van der Waals surface area contributed by atoms with Crippen LogP contribution in [0.25, 0.3) is 22.0 Å². The number of hydrogen-bond donors (Lipinski definition) is 1. The van der Waals surface area contributed by atoms with Crippen molar-refractivity contribution in [1.29, 1.82) is 5.26 Å². The molecule has 0 unspecified atom stereocenters. The molecule has 170 valence electrons. The van der Waals surface area contributed by atoms with Gasteiger partial charge in [0, 0.05) is 18.0 Å². The van der Waals surface area contributed by atoms with Crippen molar-refractivity contribution in [3.8, 4) is 33.8 Å². The maximum Gasteiger partial charge on any atom is 0.185 e. The van der Waals surface area contributed by atoms with Gasteiger partial charge in [0.05, 0.1) is 24.0 Å². The number of anilines is 1. The maximum atomic E-state index is 15.5. The number of rotatable bonds is 4. The molecule has 2 aliphatic carbocycles. The molecule has 2 fully saturated rings. The van der Waals surface area contributed by atoms with Gasteiger partial charge in [-0.3, -0.25) is 0 Å². The predicted octanol–water partition coefficient (Wildman–Crippen LogP) is 4.98. The number of halogens is 1. The van der Waals surface area contributed by atoms with Crippen molar-refractivity contribution in [2.75, 3.05) is 11.9 Å². The molecule has 2 heterocycles. The van der Waals surface area contributed by atoms with Crippen molar-refractivity contribution in [2.45, 2.75) is 51.7 Å². The van der Waals surface area contributed by atoms with Crippen molar-refractivity contribution >= 4 is 17.2 Å². The quantitative estimate of drug-likeness (QED) is 0.581. The van der Waals surface area contributed by atoms with Crippen LogP contribution in [0.5, 0.6) is 5.75 Å². The Balaban J connectivity index is 1.37. The number of phenolic OH excluding ortho intramolecular Hbond substituents is 1. The molecule has 1 aromatic carbocycles. The number of benzene rings is 1. The van der Waals surface area contributed by atoms with Crippen LogP contribution in [-0.4, -0.2) is 44.5 Å². The maximum absolute atomic E-state index is 15.5. The summed E-state index contributed by atoms with van der Waals surface area (Å²) in [6.07, 6.45) is 5.87. The van der Waals surface area contributed by atoms with Crippen molar-refractivity contribution in [3.63, 3.8) is 0 Å². The van der Waals surface area contributed by atoms with E-state index in [9.17, 15) is 5.11 Å². The third-order valence-corrected chi connectivity index (χ3v) is 8.30. The number of nitrogens with zero attached hydrogens (tertiary/aromatic N) is 6. The predicted molar refractivity (Wildman–Crippen MR) is 125 cm³/mol. The van der Waals surface area contributed by atoms with Crippen LogP contribution in [0.3, 0.4) is 0 Å². The van der Waals surface area contributed by atoms with Gasteiger partial charge >= 0.3 is 0 Å². The molecule has 4 atom stereocenters. The minimum Gasteiger partial charge on any atom is -0.507 e. The minimum absolute atomic E-state index is 0.00219. The van der Waals surface area contributed by atoms with Gasteiger partial charge in [0.15, 0.2) is 11.6 Å². The first-order chi connectivity index (χ1) is 15.7. The Morgan fingerprint density at radius 3 is 2.70 bits per heavy atom. The second-order valence-electron chi connectivity index (χ2n) is 9.94. The van der Waals surface area contributed by atoms with Crippen molar-refractivity contribution in [3.05, 3.63) is 35.5 Å². The van der Waals surface area contributed by atoms with Crippen LogP contribution >= 0.6 is 11.3 Å². The Hall–Kier alpha value is -3.12. The zero-order valence-electron chi connectivity index (χ0n) is 18.8. The number of aromatic hydroxyl groups is 1. The van der Waals surface area contributed by atoms with E-state index >= 15 is 4.39 Å². The normalized spacial score (nSPS) is 28.5. The van der Waals surface area contributed by atoms with Gasteiger partial charge in [-0.15, -0.1) is 21.5 Å². The van der Waals surface area contributed by atoms with E-state index in [2.05, 4.69) is 40.1 Å². The lowest BCUT2D eigenvalue weighted by molar-refractivity contribution is 0.0380. The van der Waals surface area contributed by atoms with Gasteiger partial charge in [0.2, 0.25) is 0 Å². The largest absolute Gasteiger partial charge is 0.507 e. The highest BCUT2D eigenvalue weighted by molar-refractivity contribution is 7.15. The molecule has 0 aliphatic heterocycles. The average molecular weight is 465 g/mol. The number of aromatic nitrogens is 4. The molecule has 0 amide bonds. The Kier molecular flexibility index (Phi) is 5.09. The molecular weight excluding hydrogens is 439 g/mol. The fourth-order valence-electron chi connectivity index (χ4n) is 5.59. The highest BCUT2D eigenvalue weighted by Crippen LogP contribution is 2.59. The summed E-state index contributed by atoms with van der Waals surface area (Å²) in [5, 5.41) is 28.7. The van der Waals surface area contributed by atoms with Crippen molar-refractivity contribution in [2.24, 2.45) is 10.8 Å². The average Bonchev–Trinajstić information content (AvgIpc) is 3.39. The first-order valence-electron chi connectivity index (χ1n) is 11.0. The molecule has 33 heavy (non-hydrogen) atoms. The summed E-state index contributed by atoms with van der Waals surface area (Å²) >= 11 is 1.26. The Morgan fingerprint density at radius 2 is 2.03 bits per heavy atom. The van der Waals surface area contributed by atoms with Gasteiger partial charge in [0.25, 0.3) is 0 Å². The van der Waals surface area contributed by atoms with Crippen LogP contribution < -0.4 is 4.90 Å². The summed E-state index contributed by atoms with van der Waals surface area (Å²) in [4.78, 5) is 11.0. The van der Waals surface area contributed by atoms with Gasteiger partial charge in [-0.05, 0) is 43.2 Å².